The predicted octanol–water partition coefficient (Wildman–Crippen LogP) is 16.0. The molecule has 0 amide bonds. The molecule has 0 spiro atoms. The second-order valence-electron chi connectivity index (χ2n) is 18.3. The lowest BCUT2D eigenvalue weighted by atomic mass is 9.78. The molecule has 0 saturated heterocycles. The van der Waals surface area contributed by atoms with Gasteiger partial charge in [-0.1, -0.05) is 216 Å². The van der Waals surface area contributed by atoms with E-state index < -0.39 is 0 Å². The topological polar surface area (TPSA) is 18.5 Å². The molecule has 0 N–H and O–H groups in total. The van der Waals surface area contributed by atoms with Gasteiger partial charge >= 0.3 is 0 Å². The number of benzene rings is 2. The van der Waals surface area contributed by atoms with E-state index in [4.69, 9.17) is 9.47 Å². The van der Waals surface area contributed by atoms with E-state index in [1.165, 1.54) is 202 Å². The van der Waals surface area contributed by atoms with Crippen molar-refractivity contribution < 1.29 is 9.47 Å². The second-order valence-corrected chi connectivity index (χ2v) is 18.3. The third-order valence-electron chi connectivity index (χ3n) is 13.8. The molecule has 2 fully saturated rings. The maximum absolute atomic E-state index is 6.25. The SMILES string of the molecule is CCCCCCCC1CCC(CCCCc2ccc(CO[C@H](C)[C@@H](C)OCc3ccc(CCCCC4CCC(CCCCCCC)CC4)cc3)cc2)CC1. The van der Waals surface area contributed by atoms with Crippen molar-refractivity contribution in [2.24, 2.45) is 23.7 Å². The van der Waals surface area contributed by atoms with Crippen molar-refractivity contribution in [3.63, 3.8) is 0 Å². The first-order valence-corrected chi connectivity index (χ1v) is 23.9. The fourth-order valence-electron chi connectivity index (χ4n) is 9.55. The molecule has 2 aliphatic rings. The van der Waals surface area contributed by atoms with E-state index in [9.17, 15) is 0 Å². The van der Waals surface area contributed by atoms with Gasteiger partial charge in [-0.05, 0) is 85.5 Å². The van der Waals surface area contributed by atoms with Gasteiger partial charge in [0.2, 0.25) is 0 Å². The van der Waals surface area contributed by atoms with Crippen molar-refractivity contribution in [3.8, 4) is 0 Å². The van der Waals surface area contributed by atoms with Crippen LogP contribution in [0.3, 0.4) is 0 Å². The Balaban J connectivity index is 0.984. The molecule has 0 radical (unpaired) electrons. The van der Waals surface area contributed by atoms with Crippen LogP contribution in [0, 0.1) is 23.7 Å². The summed E-state index contributed by atoms with van der Waals surface area (Å²) < 4.78 is 12.5. The molecule has 2 aromatic carbocycles. The van der Waals surface area contributed by atoms with Crippen LogP contribution in [0.5, 0.6) is 0 Å². The number of rotatable bonds is 29. The van der Waals surface area contributed by atoms with Crippen LogP contribution < -0.4 is 0 Å². The molecule has 306 valence electrons. The van der Waals surface area contributed by atoms with Gasteiger partial charge in [-0.15, -0.1) is 0 Å². The zero-order valence-corrected chi connectivity index (χ0v) is 36.1. The molecule has 2 aliphatic carbocycles. The Hall–Kier alpha value is -1.64. The molecule has 0 aromatic heterocycles. The van der Waals surface area contributed by atoms with Crippen molar-refractivity contribution >= 4 is 0 Å². The van der Waals surface area contributed by atoms with Gasteiger partial charge in [-0.2, -0.15) is 0 Å². The summed E-state index contributed by atoms with van der Waals surface area (Å²) in [5, 5.41) is 0. The fourth-order valence-corrected chi connectivity index (χ4v) is 9.55. The first-order valence-electron chi connectivity index (χ1n) is 23.9. The second kappa shape index (κ2) is 27.9. The van der Waals surface area contributed by atoms with E-state index in [0.717, 1.165) is 23.7 Å². The van der Waals surface area contributed by atoms with Gasteiger partial charge in [-0.25, -0.2) is 0 Å². The minimum Gasteiger partial charge on any atom is -0.371 e. The van der Waals surface area contributed by atoms with Gasteiger partial charge < -0.3 is 9.47 Å². The largest absolute Gasteiger partial charge is 0.371 e. The lowest BCUT2D eigenvalue weighted by Gasteiger charge is -2.28. The highest BCUT2D eigenvalue weighted by Crippen LogP contribution is 2.36. The predicted molar refractivity (Wildman–Crippen MR) is 234 cm³/mol. The Morgan fingerprint density at radius 2 is 0.667 bits per heavy atom. The van der Waals surface area contributed by atoms with E-state index in [2.05, 4.69) is 76.2 Å². The number of hydrogen-bond donors (Lipinski definition) is 0. The molecular formula is C52H86O2. The zero-order chi connectivity index (χ0) is 38.1. The molecule has 54 heavy (non-hydrogen) atoms. The minimum atomic E-state index is 0.0513. The summed E-state index contributed by atoms with van der Waals surface area (Å²) in [5.41, 5.74) is 5.45. The Bertz CT molecular complexity index is 1060. The number of aryl methyl sites for hydroxylation is 2. The quantitative estimate of drug-likeness (QED) is 0.0773. The van der Waals surface area contributed by atoms with Crippen LogP contribution in [0.4, 0.5) is 0 Å². The average Bonchev–Trinajstić information content (AvgIpc) is 3.21. The molecule has 0 unspecified atom stereocenters. The smallest absolute Gasteiger partial charge is 0.0810 e. The maximum atomic E-state index is 6.25. The summed E-state index contributed by atoms with van der Waals surface area (Å²) in [6.07, 6.45) is 40.1. The summed E-state index contributed by atoms with van der Waals surface area (Å²) in [7, 11) is 0. The number of ether oxygens (including phenoxy) is 2. The normalized spacial score (nSPS) is 21.6. The molecule has 0 heterocycles. The van der Waals surface area contributed by atoms with Crippen LogP contribution in [0.15, 0.2) is 48.5 Å². The molecular weight excluding hydrogens is 657 g/mol. The van der Waals surface area contributed by atoms with Crippen molar-refractivity contribution in [1.29, 1.82) is 0 Å². The van der Waals surface area contributed by atoms with E-state index >= 15 is 0 Å². The van der Waals surface area contributed by atoms with E-state index in [1.54, 1.807) is 0 Å². The van der Waals surface area contributed by atoms with Crippen molar-refractivity contribution in [1.82, 2.24) is 0 Å². The number of hydrogen-bond acceptors (Lipinski definition) is 2. The Kier molecular flexibility index (Phi) is 23.3. The standard InChI is InChI=1S/C52H86O2/c1-5-7-9-11-13-19-45-25-29-47(30-26-45)21-15-17-23-49-33-37-51(38-34-49)41-53-43(3)44(4)54-42-52-39-35-50(36-40-52)24-18-16-22-48-31-27-46(28-32-48)20-14-12-10-8-6-2/h33-40,43-48H,5-32,41-42H2,1-4H3/t43-,44-,45?,46?,47?,48?/m1/s1. The van der Waals surface area contributed by atoms with Gasteiger partial charge in [-0.3, -0.25) is 0 Å². The summed E-state index contributed by atoms with van der Waals surface area (Å²) >= 11 is 0. The lowest BCUT2D eigenvalue weighted by Crippen LogP contribution is -2.26. The molecule has 0 bridgehead atoms. The van der Waals surface area contributed by atoms with Gasteiger partial charge in [0.15, 0.2) is 0 Å². The minimum absolute atomic E-state index is 0.0513. The summed E-state index contributed by atoms with van der Waals surface area (Å²) in [6.45, 7) is 10.2. The highest BCUT2D eigenvalue weighted by Gasteiger charge is 2.22. The van der Waals surface area contributed by atoms with E-state index in [-0.39, 0.29) is 12.2 Å². The van der Waals surface area contributed by atoms with Crippen molar-refractivity contribution in [2.75, 3.05) is 0 Å². The molecule has 2 saturated carbocycles. The van der Waals surface area contributed by atoms with E-state index in [1.807, 2.05) is 0 Å². The van der Waals surface area contributed by atoms with E-state index in [0.29, 0.717) is 13.2 Å². The fraction of sp³-hybridized carbons (Fsp3) is 0.769. The third kappa shape index (κ3) is 19.0. The summed E-state index contributed by atoms with van der Waals surface area (Å²) in [5.74, 6) is 4.05. The first kappa shape index (κ1) is 45.1. The average molecular weight is 743 g/mol. The Morgan fingerprint density at radius 1 is 0.389 bits per heavy atom. The van der Waals surface area contributed by atoms with Crippen LogP contribution in [0.2, 0.25) is 0 Å². The van der Waals surface area contributed by atoms with Gasteiger partial charge in [0, 0.05) is 0 Å². The summed E-state index contributed by atoms with van der Waals surface area (Å²) in [4.78, 5) is 0. The molecule has 2 atom stereocenters. The molecule has 4 rings (SSSR count). The zero-order valence-electron chi connectivity index (χ0n) is 36.1. The number of unbranched alkanes of at least 4 members (excludes halogenated alkanes) is 10. The monoisotopic (exact) mass is 743 g/mol. The van der Waals surface area contributed by atoms with Crippen molar-refractivity contribution in [2.45, 2.75) is 233 Å². The van der Waals surface area contributed by atoms with Crippen LogP contribution in [-0.4, -0.2) is 12.2 Å². The maximum Gasteiger partial charge on any atom is 0.0810 e. The van der Waals surface area contributed by atoms with Crippen molar-refractivity contribution in [3.05, 3.63) is 70.8 Å². The highest BCUT2D eigenvalue weighted by molar-refractivity contribution is 5.23. The van der Waals surface area contributed by atoms with Crippen LogP contribution in [0.1, 0.15) is 217 Å². The van der Waals surface area contributed by atoms with Crippen LogP contribution in [0.25, 0.3) is 0 Å². The van der Waals surface area contributed by atoms with Crippen LogP contribution >= 0.6 is 0 Å². The van der Waals surface area contributed by atoms with Gasteiger partial charge in [0.1, 0.15) is 0 Å². The van der Waals surface area contributed by atoms with Gasteiger partial charge in [0.25, 0.3) is 0 Å². The Morgan fingerprint density at radius 3 is 0.981 bits per heavy atom. The van der Waals surface area contributed by atoms with Gasteiger partial charge in [0.05, 0.1) is 25.4 Å². The third-order valence-corrected chi connectivity index (χ3v) is 13.8. The first-order chi connectivity index (χ1) is 26.5. The Labute approximate surface area is 335 Å². The molecule has 2 aromatic rings. The highest BCUT2D eigenvalue weighted by atomic mass is 16.5. The molecule has 2 nitrogen and oxygen atoms in total. The molecule has 0 aliphatic heterocycles. The van der Waals surface area contributed by atoms with Crippen LogP contribution in [-0.2, 0) is 35.5 Å². The lowest BCUT2D eigenvalue weighted by molar-refractivity contribution is -0.0687. The molecule has 2 heteroatoms. The summed E-state index contributed by atoms with van der Waals surface area (Å²) in [6, 6.07) is 18.3.